The molecule has 0 aliphatic heterocycles. The number of anilines is 1. The van der Waals surface area contributed by atoms with Crippen LogP contribution < -0.4 is 11.1 Å². The van der Waals surface area contributed by atoms with E-state index in [-0.39, 0.29) is 0 Å². The molecule has 1 atom stereocenters. The van der Waals surface area contributed by atoms with Crippen molar-refractivity contribution in [3.8, 4) is 0 Å². The van der Waals surface area contributed by atoms with E-state index < -0.39 is 0 Å². The number of nitrogens with one attached hydrogen (secondary N) is 1. The highest BCUT2D eigenvalue weighted by Crippen LogP contribution is 2.26. The van der Waals surface area contributed by atoms with Gasteiger partial charge in [-0.2, -0.15) is 0 Å². The molecule has 1 aliphatic rings. The fraction of sp³-hybridized carbons (Fsp3) is 0.538. The molecule has 2 heteroatoms. The third-order valence-electron chi connectivity index (χ3n) is 3.24. The zero-order valence-electron chi connectivity index (χ0n) is 9.42. The number of hydrogen-bond donors (Lipinski definition) is 2. The van der Waals surface area contributed by atoms with Crippen LogP contribution in [0.15, 0.2) is 18.2 Å². The number of benzene rings is 1. The van der Waals surface area contributed by atoms with Crippen LogP contribution in [0.2, 0.25) is 0 Å². The minimum absolute atomic E-state index is 0.807. The molecule has 2 nitrogen and oxygen atoms in total. The van der Waals surface area contributed by atoms with E-state index in [4.69, 9.17) is 5.73 Å². The van der Waals surface area contributed by atoms with Gasteiger partial charge in [0.25, 0.3) is 0 Å². The Morgan fingerprint density at radius 1 is 1.40 bits per heavy atom. The Hall–Kier alpha value is -1.02. The van der Waals surface area contributed by atoms with Gasteiger partial charge in [0, 0.05) is 5.69 Å². The van der Waals surface area contributed by atoms with Gasteiger partial charge in [-0.1, -0.05) is 13.0 Å². The number of aryl methyl sites for hydroxylation is 1. The average molecular weight is 204 g/mol. The van der Waals surface area contributed by atoms with Crippen LogP contribution in [0.1, 0.15) is 24.5 Å². The van der Waals surface area contributed by atoms with Crippen LogP contribution in [0.3, 0.4) is 0 Å². The van der Waals surface area contributed by atoms with Crippen LogP contribution in [0.4, 0.5) is 5.69 Å². The number of fused-ring (bicyclic) bond motifs is 1. The molecule has 0 spiro atoms. The van der Waals surface area contributed by atoms with E-state index in [0.29, 0.717) is 0 Å². The van der Waals surface area contributed by atoms with Crippen LogP contribution >= 0.6 is 0 Å². The van der Waals surface area contributed by atoms with Crippen molar-refractivity contribution in [2.75, 3.05) is 18.8 Å². The van der Waals surface area contributed by atoms with E-state index in [1.54, 1.807) is 0 Å². The van der Waals surface area contributed by atoms with Gasteiger partial charge in [-0.25, -0.2) is 0 Å². The molecule has 1 aromatic rings. The Kier molecular flexibility index (Phi) is 3.27. The molecule has 15 heavy (non-hydrogen) atoms. The van der Waals surface area contributed by atoms with Gasteiger partial charge in [0.05, 0.1) is 0 Å². The zero-order chi connectivity index (χ0) is 10.7. The first-order valence-electron chi connectivity index (χ1n) is 5.87. The van der Waals surface area contributed by atoms with Gasteiger partial charge >= 0.3 is 0 Å². The Balaban J connectivity index is 2.03. The lowest BCUT2D eigenvalue weighted by molar-refractivity contribution is 0.430. The van der Waals surface area contributed by atoms with Crippen molar-refractivity contribution < 1.29 is 0 Å². The first-order chi connectivity index (χ1) is 7.29. The Morgan fingerprint density at radius 2 is 2.27 bits per heavy atom. The monoisotopic (exact) mass is 204 g/mol. The second-order valence-electron chi connectivity index (χ2n) is 4.44. The summed E-state index contributed by atoms with van der Waals surface area (Å²) < 4.78 is 0. The van der Waals surface area contributed by atoms with Gasteiger partial charge in [0.2, 0.25) is 0 Å². The third kappa shape index (κ3) is 2.51. The summed E-state index contributed by atoms with van der Waals surface area (Å²) in [5, 5.41) is 3.44. The van der Waals surface area contributed by atoms with Crippen molar-refractivity contribution in [2.24, 2.45) is 5.92 Å². The lowest BCUT2D eigenvalue weighted by Gasteiger charge is -2.25. The summed E-state index contributed by atoms with van der Waals surface area (Å²) in [7, 11) is 0. The first kappa shape index (κ1) is 10.5. The molecule has 0 heterocycles. The van der Waals surface area contributed by atoms with Crippen LogP contribution in [0.5, 0.6) is 0 Å². The predicted molar refractivity (Wildman–Crippen MR) is 64.9 cm³/mol. The van der Waals surface area contributed by atoms with Gasteiger partial charge < -0.3 is 11.1 Å². The van der Waals surface area contributed by atoms with E-state index in [0.717, 1.165) is 24.7 Å². The topological polar surface area (TPSA) is 38.0 Å². The maximum Gasteiger partial charge on any atom is 0.0316 e. The number of rotatable bonds is 3. The van der Waals surface area contributed by atoms with Gasteiger partial charge in [-0.3, -0.25) is 0 Å². The van der Waals surface area contributed by atoms with E-state index in [1.807, 2.05) is 6.07 Å². The molecular formula is C13H20N2. The molecule has 0 radical (unpaired) electrons. The summed E-state index contributed by atoms with van der Waals surface area (Å²) in [6.45, 7) is 4.39. The van der Waals surface area contributed by atoms with Gasteiger partial charge in [0.15, 0.2) is 0 Å². The van der Waals surface area contributed by atoms with Gasteiger partial charge in [-0.05, 0) is 61.5 Å². The maximum absolute atomic E-state index is 5.78. The average Bonchev–Trinajstić information content (AvgIpc) is 2.26. The second kappa shape index (κ2) is 4.67. The normalized spacial score (nSPS) is 19.9. The van der Waals surface area contributed by atoms with Crippen LogP contribution in [0.25, 0.3) is 0 Å². The summed E-state index contributed by atoms with van der Waals surface area (Å²) in [4.78, 5) is 0. The molecule has 0 bridgehead atoms. The molecule has 1 aliphatic carbocycles. The van der Waals surface area contributed by atoms with E-state index in [2.05, 4.69) is 24.4 Å². The van der Waals surface area contributed by atoms with Crippen molar-refractivity contribution in [3.05, 3.63) is 29.3 Å². The highest BCUT2D eigenvalue weighted by molar-refractivity contribution is 5.45. The van der Waals surface area contributed by atoms with E-state index in [9.17, 15) is 0 Å². The molecule has 2 rings (SSSR count). The molecular weight excluding hydrogens is 184 g/mol. The van der Waals surface area contributed by atoms with Crippen molar-refractivity contribution in [1.29, 1.82) is 0 Å². The molecule has 82 valence electrons. The fourth-order valence-electron chi connectivity index (χ4n) is 2.37. The summed E-state index contributed by atoms with van der Waals surface area (Å²) in [6.07, 6.45) is 3.70. The first-order valence-corrected chi connectivity index (χ1v) is 5.87. The van der Waals surface area contributed by atoms with Crippen molar-refractivity contribution in [3.63, 3.8) is 0 Å². The fourth-order valence-corrected chi connectivity index (χ4v) is 2.37. The van der Waals surface area contributed by atoms with Crippen molar-refractivity contribution in [1.82, 2.24) is 5.32 Å². The summed E-state index contributed by atoms with van der Waals surface area (Å²) >= 11 is 0. The molecule has 0 saturated carbocycles. The molecule has 0 saturated heterocycles. The van der Waals surface area contributed by atoms with Crippen LogP contribution in [-0.4, -0.2) is 13.1 Å². The third-order valence-corrected chi connectivity index (χ3v) is 3.24. The summed E-state index contributed by atoms with van der Waals surface area (Å²) in [6, 6.07) is 6.36. The summed E-state index contributed by atoms with van der Waals surface area (Å²) in [5.41, 5.74) is 9.65. The Morgan fingerprint density at radius 3 is 3.07 bits per heavy atom. The highest BCUT2D eigenvalue weighted by Gasteiger charge is 2.17. The van der Waals surface area contributed by atoms with E-state index >= 15 is 0 Å². The quantitative estimate of drug-likeness (QED) is 0.739. The molecule has 0 fully saturated rings. The predicted octanol–water partition coefficient (Wildman–Crippen LogP) is 1.98. The second-order valence-corrected chi connectivity index (χ2v) is 4.44. The van der Waals surface area contributed by atoms with Gasteiger partial charge in [-0.15, -0.1) is 0 Å². The standard InChI is InChI=1S/C13H20N2/c1-2-15-9-10-3-4-12-8-13(14)6-5-11(12)7-10/h5-6,8,10,15H,2-4,7,9,14H2,1H3. The highest BCUT2D eigenvalue weighted by atomic mass is 14.8. The SMILES string of the molecule is CCNCC1CCc2cc(N)ccc2C1. The van der Waals surface area contributed by atoms with Crippen LogP contribution in [0, 0.1) is 5.92 Å². The molecule has 3 N–H and O–H groups in total. The number of nitrogens with two attached hydrogens (primary N) is 1. The number of hydrogen-bond acceptors (Lipinski definition) is 2. The molecule has 0 aromatic heterocycles. The maximum atomic E-state index is 5.78. The van der Waals surface area contributed by atoms with E-state index in [1.165, 1.54) is 30.4 Å². The minimum Gasteiger partial charge on any atom is -0.399 e. The molecule has 1 unspecified atom stereocenters. The Bertz CT molecular complexity index is 333. The van der Waals surface area contributed by atoms with Crippen molar-refractivity contribution >= 4 is 5.69 Å². The lowest BCUT2D eigenvalue weighted by Crippen LogP contribution is -2.27. The molecule has 1 aromatic carbocycles. The smallest absolute Gasteiger partial charge is 0.0316 e. The van der Waals surface area contributed by atoms with Crippen LogP contribution in [-0.2, 0) is 12.8 Å². The lowest BCUT2D eigenvalue weighted by atomic mass is 9.83. The van der Waals surface area contributed by atoms with Crippen molar-refractivity contribution in [2.45, 2.75) is 26.2 Å². The van der Waals surface area contributed by atoms with Gasteiger partial charge in [0.1, 0.15) is 0 Å². The number of nitrogen functional groups attached to an aromatic ring is 1. The Labute approximate surface area is 91.9 Å². The summed E-state index contributed by atoms with van der Waals surface area (Å²) in [5.74, 6) is 0.807. The minimum atomic E-state index is 0.807. The zero-order valence-corrected chi connectivity index (χ0v) is 9.42. The molecule has 0 amide bonds. The largest absolute Gasteiger partial charge is 0.399 e.